The number of hydrogen-bond donors (Lipinski definition) is 2. The number of rotatable bonds is 6. The van der Waals surface area contributed by atoms with Crippen LogP contribution in [0.15, 0.2) is 77.7 Å². The number of halogens is 1. The summed E-state index contributed by atoms with van der Waals surface area (Å²) in [5.74, 6) is -0.476. The van der Waals surface area contributed by atoms with Crippen molar-refractivity contribution in [3.8, 4) is 0 Å². The van der Waals surface area contributed by atoms with E-state index in [1.807, 2.05) is 0 Å². The van der Waals surface area contributed by atoms with Crippen molar-refractivity contribution in [2.45, 2.75) is 11.8 Å². The summed E-state index contributed by atoms with van der Waals surface area (Å²) in [5, 5.41) is 3.29. The number of amides is 1. The van der Waals surface area contributed by atoms with Crippen LogP contribution in [-0.2, 0) is 10.0 Å². The van der Waals surface area contributed by atoms with Crippen molar-refractivity contribution >= 4 is 44.7 Å². The van der Waals surface area contributed by atoms with E-state index in [0.29, 0.717) is 27.5 Å². The number of Topliss-reactive ketones (excluding diaryl/α,β-unsaturated/α-hetero) is 1. The highest BCUT2D eigenvalue weighted by molar-refractivity contribution is 7.92. The SMILES string of the molecule is CC(=O)c1ccc(S(=O)(=O)Nc2ccc(C(=O)Nc3ccc(Cl)cc3)cc2)cc1. The standard InChI is InChI=1S/C21H17ClN2O4S/c1-14(25)15-4-12-20(13-5-15)29(27,28)24-19-8-2-16(3-9-19)21(26)23-18-10-6-17(22)7-11-18/h2-13,24H,1H3,(H,23,26). The minimum absolute atomic E-state index is 0.0343. The molecule has 148 valence electrons. The molecule has 3 aromatic rings. The summed E-state index contributed by atoms with van der Waals surface area (Å²) in [6, 6.07) is 18.4. The molecule has 0 aliphatic carbocycles. The Hall–Kier alpha value is -3.16. The second-order valence-electron chi connectivity index (χ2n) is 6.22. The van der Waals surface area contributed by atoms with E-state index in [1.54, 1.807) is 24.3 Å². The fourth-order valence-electron chi connectivity index (χ4n) is 2.51. The smallest absolute Gasteiger partial charge is 0.261 e. The van der Waals surface area contributed by atoms with Gasteiger partial charge in [0.25, 0.3) is 15.9 Å². The van der Waals surface area contributed by atoms with Gasteiger partial charge in [-0.05, 0) is 67.6 Å². The molecule has 0 fully saturated rings. The lowest BCUT2D eigenvalue weighted by Gasteiger charge is -2.10. The van der Waals surface area contributed by atoms with Crippen LogP contribution in [0.1, 0.15) is 27.6 Å². The number of carbonyl (C=O) groups excluding carboxylic acids is 2. The molecule has 0 saturated carbocycles. The van der Waals surface area contributed by atoms with E-state index < -0.39 is 10.0 Å². The van der Waals surface area contributed by atoms with E-state index in [4.69, 9.17) is 11.6 Å². The summed E-state index contributed by atoms with van der Waals surface area (Å²) in [4.78, 5) is 23.6. The van der Waals surface area contributed by atoms with E-state index in [2.05, 4.69) is 10.0 Å². The van der Waals surface area contributed by atoms with Crippen molar-refractivity contribution in [1.82, 2.24) is 0 Å². The van der Waals surface area contributed by atoms with Gasteiger partial charge in [-0.15, -0.1) is 0 Å². The monoisotopic (exact) mass is 428 g/mol. The average Bonchev–Trinajstić information content (AvgIpc) is 2.70. The summed E-state index contributed by atoms with van der Waals surface area (Å²) in [5.41, 5.74) is 1.70. The second kappa shape index (κ2) is 8.46. The van der Waals surface area contributed by atoms with Crippen LogP contribution in [-0.4, -0.2) is 20.1 Å². The predicted molar refractivity (Wildman–Crippen MR) is 113 cm³/mol. The minimum atomic E-state index is -3.82. The van der Waals surface area contributed by atoms with Gasteiger partial charge in [0.15, 0.2) is 5.78 Å². The Labute approximate surface area is 173 Å². The molecule has 0 aliphatic rings. The molecule has 0 bridgehead atoms. The highest BCUT2D eigenvalue weighted by Gasteiger charge is 2.15. The largest absolute Gasteiger partial charge is 0.322 e. The van der Waals surface area contributed by atoms with E-state index in [9.17, 15) is 18.0 Å². The molecule has 8 heteroatoms. The van der Waals surface area contributed by atoms with Gasteiger partial charge in [-0.25, -0.2) is 8.42 Å². The number of sulfonamides is 1. The maximum absolute atomic E-state index is 12.5. The number of carbonyl (C=O) groups is 2. The molecular weight excluding hydrogens is 412 g/mol. The molecular formula is C21H17ClN2O4S. The summed E-state index contributed by atoms with van der Waals surface area (Å²) < 4.78 is 27.4. The first kappa shape index (κ1) is 20.6. The van der Waals surface area contributed by atoms with Crippen LogP contribution >= 0.6 is 11.6 Å². The third-order valence-corrected chi connectivity index (χ3v) is 5.72. The number of benzene rings is 3. The van der Waals surface area contributed by atoms with Crippen LogP contribution in [0.2, 0.25) is 5.02 Å². The van der Waals surface area contributed by atoms with Crippen LogP contribution in [0.3, 0.4) is 0 Å². The first-order valence-electron chi connectivity index (χ1n) is 8.55. The Morgan fingerprint density at radius 1 is 0.759 bits per heavy atom. The van der Waals surface area contributed by atoms with Crippen molar-refractivity contribution in [2.24, 2.45) is 0 Å². The van der Waals surface area contributed by atoms with Crippen molar-refractivity contribution in [3.63, 3.8) is 0 Å². The first-order chi connectivity index (χ1) is 13.7. The summed E-state index contributed by atoms with van der Waals surface area (Å²) in [6.45, 7) is 1.41. The van der Waals surface area contributed by atoms with Crippen molar-refractivity contribution in [2.75, 3.05) is 10.0 Å². The number of hydrogen-bond acceptors (Lipinski definition) is 4. The molecule has 0 radical (unpaired) electrons. The Morgan fingerprint density at radius 2 is 1.28 bits per heavy atom. The molecule has 0 aliphatic heterocycles. The van der Waals surface area contributed by atoms with Gasteiger partial charge in [0.1, 0.15) is 0 Å². The molecule has 6 nitrogen and oxygen atoms in total. The van der Waals surface area contributed by atoms with E-state index in [1.165, 1.54) is 55.5 Å². The molecule has 3 rings (SSSR count). The summed E-state index contributed by atoms with van der Waals surface area (Å²) in [6.07, 6.45) is 0. The van der Waals surface area contributed by atoms with Gasteiger partial charge < -0.3 is 5.32 Å². The van der Waals surface area contributed by atoms with Crippen molar-refractivity contribution in [3.05, 3.63) is 88.9 Å². The van der Waals surface area contributed by atoms with Crippen LogP contribution in [0, 0.1) is 0 Å². The first-order valence-corrected chi connectivity index (χ1v) is 10.4. The number of anilines is 2. The zero-order chi connectivity index (χ0) is 21.0. The highest BCUT2D eigenvalue weighted by atomic mass is 35.5. The van der Waals surface area contributed by atoms with Gasteiger partial charge in [-0.3, -0.25) is 14.3 Å². The number of nitrogens with one attached hydrogen (secondary N) is 2. The lowest BCUT2D eigenvalue weighted by molar-refractivity contribution is 0.101. The Morgan fingerprint density at radius 3 is 1.83 bits per heavy atom. The lowest BCUT2D eigenvalue weighted by atomic mass is 10.2. The van der Waals surface area contributed by atoms with Crippen molar-refractivity contribution in [1.29, 1.82) is 0 Å². The predicted octanol–water partition coefficient (Wildman–Crippen LogP) is 4.60. The normalized spacial score (nSPS) is 11.0. The Kier molecular flexibility index (Phi) is 6.00. The molecule has 0 unspecified atom stereocenters. The fourth-order valence-corrected chi connectivity index (χ4v) is 3.69. The maximum Gasteiger partial charge on any atom is 0.261 e. The zero-order valence-electron chi connectivity index (χ0n) is 15.3. The second-order valence-corrected chi connectivity index (χ2v) is 8.34. The Bertz CT molecular complexity index is 1140. The van der Waals surface area contributed by atoms with Crippen molar-refractivity contribution < 1.29 is 18.0 Å². The molecule has 0 atom stereocenters. The molecule has 2 N–H and O–H groups in total. The maximum atomic E-state index is 12.5. The molecule has 0 spiro atoms. The number of ketones is 1. The van der Waals surface area contributed by atoms with Crippen LogP contribution in [0.25, 0.3) is 0 Å². The molecule has 0 aromatic heterocycles. The third-order valence-electron chi connectivity index (χ3n) is 4.07. The van der Waals surface area contributed by atoms with Gasteiger partial charge in [0, 0.05) is 27.5 Å². The quantitative estimate of drug-likeness (QED) is 0.561. The molecule has 3 aromatic carbocycles. The molecule has 0 heterocycles. The third kappa shape index (κ3) is 5.22. The van der Waals surface area contributed by atoms with Gasteiger partial charge >= 0.3 is 0 Å². The van der Waals surface area contributed by atoms with E-state index >= 15 is 0 Å². The van der Waals surface area contributed by atoms with Gasteiger partial charge in [-0.2, -0.15) is 0 Å². The van der Waals surface area contributed by atoms with Gasteiger partial charge in [-0.1, -0.05) is 23.7 Å². The van der Waals surface area contributed by atoms with Gasteiger partial charge in [0.2, 0.25) is 0 Å². The van der Waals surface area contributed by atoms with Crippen LogP contribution in [0.5, 0.6) is 0 Å². The Balaban J connectivity index is 1.70. The van der Waals surface area contributed by atoms with Crippen LogP contribution < -0.4 is 10.0 Å². The highest BCUT2D eigenvalue weighted by Crippen LogP contribution is 2.19. The molecule has 0 saturated heterocycles. The molecule has 1 amide bonds. The van der Waals surface area contributed by atoms with Gasteiger partial charge in [0.05, 0.1) is 4.90 Å². The molecule has 29 heavy (non-hydrogen) atoms. The minimum Gasteiger partial charge on any atom is -0.322 e. The van der Waals surface area contributed by atoms with E-state index in [-0.39, 0.29) is 16.6 Å². The average molecular weight is 429 g/mol. The van der Waals surface area contributed by atoms with Crippen LogP contribution in [0.4, 0.5) is 11.4 Å². The van der Waals surface area contributed by atoms with E-state index in [0.717, 1.165) is 0 Å². The summed E-state index contributed by atoms with van der Waals surface area (Å²) >= 11 is 5.82. The topological polar surface area (TPSA) is 92.3 Å². The lowest BCUT2D eigenvalue weighted by Crippen LogP contribution is -2.14. The fraction of sp³-hybridized carbons (Fsp3) is 0.0476. The summed E-state index contributed by atoms with van der Waals surface area (Å²) in [7, 11) is -3.82. The zero-order valence-corrected chi connectivity index (χ0v) is 16.9.